The average Bonchev–Trinajstić information content (AvgIpc) is 2.94. The van der Waals surface area contributed by atoms with Crippen molar-refractivity contribution in [1.82, 2.24) is 0 Å². The Bertz CT molecular complexity index is 588. The molecule has 0 aromatic rings. The number of rotatable bonds is 2. The lowest BCUT2D eigenvalue weighted by atomic mass is 9.42. The summed E-state index contributed by atoms with van der Waals surface area (Å²) in [5.74, 6) is 3.09. The number of Topliss-reactive ketones (excluding diaryl/α,β-unsaturated/α-hetero) is 1. The van der Waals surface area contributed by atoms with E-state index in [1.165, 1.54) is 25.7 Å². The molecule has 0 spiro atoms. The third-order valence-electron chi connectivity index (χ3n) is 10.0. The van der Waals surface area contributed by atoms with Crippen LogP contribution in [0.4, 0.5) is 0 Å². The van der Waals surface area contributed by atoms with Crippen molar-refractivity contribution in [3.63, 3.8) is 0 Å². The fourth-order valence-corrected chi connectivity index (χ4v) is 8.28. The Morgan fingerprint density at radius 1 is 1.12 bits per heavy atom. The molecule has 0 amide bonds. The normalized spacial score (nSPS) is 55.0. The van der Waals surface area contributed by atoms with Crippen LogP contribution in [0.5, 0.6) is 0 Å². The molecule has 0 radical (unpaired) electrons. The minimum absolute atomic E-state index is 0.0243. The van der Waals surface area contributed by atoms with E-state index in [9.17, 15) is 15.0 Å². The highest BCUT2D eigenvalue weighted by Crippen LogP contribution is 2.68. The van der Waals surface area contributed by atoms with Crippen LogP contribution in [0.1, 0.15) is 85.5 Å². The molecule has 3 heteroatoms. The Morgan fingerprint density at radius 3 is 2.54 bits per heavy atom. The summed E-state index contributed by atoms with van der Waals surface area (Å²) in [6.07, 6.45) is 7.99. The smallest absolute Gasteiger partial charge is 0.165 e. The molecule has 4 saturated carbocycles. The number of hydrogen-bond donors (Lipinski definition) is 2. The van der Waals surface area contributed by atoms with Gasteiger partial charge >= 0.3 is 0 Å². The van der Waals surface area contributed by atoms with Gasteiger partial charge in [-0.1, -0.05) is 34.1 Å². The second-order valence-corrected chi connectivity index (χ2v) is 10.8. The standard InChI is InChI=1S/C23H38O3/c1-5-14(2)17-6-7-18-16-12-20(25)23(26)13-15(24)8-11-22(23,4)19(16)9-10-21(17,18)3/h14-19,24,26H,5-13H2,1-4H3/t14-,15+,16+,17-,18+,19+,21-,22-,23+/m1/s1. The van der Waals surface area contributed by atoms with Gasteiger partial charge in [-0.25, -0.2) is 0 Å². The fraction of sp³-hybridized carbons (Fsp3) is 0.957. The highest BCUT2D eigenvalue weighted by Gasteiger charge is 2.67. The molecule has 2 N–H and O–H groups in total. The van der Waals surface area contributed by atoms with Crippen molar-refractivity contribution in [2.75, 3.05) is 0 Å². The zero-order chi connectivity index (χ0) is 18.9. The Hall–Kier alpha value is -0.410. The summed E-state index contributed by atoms with van der Waals surface area (Å²) in [6.45, 7) is 9.40. The Balaban J connectivity index is 1.67. The van der Waals surface area contributed by atoms with E-state index >= 15 is 0 Å². The van der Waals surface area contributed by atoms with Crippen molar-refractivity contribution < 1.29 is 15.0 Å². The monoisotopic (exact) mass is 362 g/mol. The second kappa shape index (κ2) is 6.04. The van der Waals surface area contributed by atoms with Crippen molar-refractivity contribution >= 4 is 5.78 Å². The molecule has 9 atom stereocenters. The van der Waals surface area contributed by atoms with Crippen molar-refractivity contribution in [2.24, 2.45) is 40.4 Å². The molecule has 3 nitrogen and oxygen atoms in total. The molecule has 148 valence electrons. The van der Waals surface area contributed by atoms with Crippen molar-refractivity contribution in [2.45, 2.75) is 97.2 Å². The topological polar surface area (TPSA) is 57.5 Å². The maximum Gasteiger partial charge on any atom is 0.165 e. The number of carbonyl (C=O) groups excluding carboxylic acids is 1. The molecular formula is C23H38O3. The lowest BCUT2D eigenvalue weighted by Gasteiger charge is -2.63. The van der Waals surface area contributed by atoms with E-state index in [0.29, 0.717) is 29.6 Å². The first-order valence-corrected chi connectivity index (χ1v) is 11.1. The average molecular weight is 363 g/mol. The first kappa shape index (κ1) is 18.9. The minimum atomic E-state index is -1.30. The van der Waals surface area contributed by atoms with E-state index in [0.717, 1.165) is 31.1 Å². The molecule has 0 saturated heterocycles. The van der Waals surface area contributed by atoms with Gasteiger partial charge in [0.2, 0.25) is 0 Å². The van der Waals surface area contributed by atoms with E-state index in [1.807, 2.05) is 0 Å². The minimum Gasteiger partial charge on any atom is -0.393 e. The zero-order valence-electron chi connectivity index (χ0n) is 17.1. The van der Waals surface area contributed by atoms with Crippen molar-refractivity contribution in [1.29, 1.82) is 0 Å². The van der Waals surface area contributed by atoms with Gasteiger partial charge in [-0.05, 0) is 73.5 Å². The van der Waals surface area contributed by atoms with Gasteiger partial charge in [-0.2, -0.15) is 0 Å². The van der Waals surface area contributed by atoms with E-state index in [2.05, 4.69) is 27.7 Å². The maximum atomic E-state index is 13.2. The molecule has 26 heavy (non-hydrogen) atoms. The van der Waals surface area contributed by atoms with Gasteiger partial charge in [0, 0.05) is 18.3 Å². The molecule has 0 heterocycles. The summed E-state index contributed by atoms with van der Waals surface area (Å²) in [5, 5.41) is 21.5. The van der Waals surface area contributed by atoms with Gasteiger partial charge < -0.3 is 10.2 Å². The quantitative estimate of drug-likeness (QED) is 0.768. The number of aliphatic hydroxyl groups is 2. The zero-order valence-corrected chi connectivity index (χ0v) is 17.1. The third kappa shape index (κ3) is 2.28. The largest absolute Gasteiger partial charge is 0.393 e. The third-order valence-corrected chi connectivity index (χ3v) is 10.0. The van der Waals surface area contributed by atoms with Crippen LogP contribution >= 0.6 is 0 Å². The van der Waals surface area contributed by atoms with Crippen LogP contribution in [0.15, 0.2) is 0 Å². The predicted octanol–water partition coefficient (Wildman–Crippen LogP) is 4.35. The molecule has 0 aliphatic heterocycles. The molecule has 0 unspecified atom stereocenters. The second-order valence-electron chi connectivity index (χ2n) is 10.8. The first-order valence-electron chi connectivity index (χ1n) is 11.1. The van der Waals surface area contributed by atoms with Gasteiger partial charge in [-0.3, -0.25) is 4.79 Å². The Kier molecular flexibility index (Phi) is 4.40. The fourth-order valence-electron chi connectivity index (χ4n) is 8.28. The number of hydrogen-bond acceptors (Lipinski definition) is 3. The van der Waals surface area contributed by atoms with Crippen molar-refractivity contribution in [3.8, 4) is 0 Å². The van der Waals surface area contributed by atoms with Gasteiger partial charge in [0.15, 0.2) is 5.78 Å². The summed E-state index contributed by atoms with van der Waals surface area (Å²) >= 11 is 0. The van der Waals surface area contributed by atoms with E-state index in [-0.39, 0.29) is 17.6 Å². The summed E-state index contributed by atoms with van der Waals surface area (Å²) in [5.41, 5.74) is -1.27. The summed E-state index contributed by atoms with van der Waals surface area (Å²) < 4.78 is 0. The van der Waals surface area contributed by atoms with Gasteiger partial charge in [0.05, 0.1) is 6.10 Å². The molecule has 0 aromatic carbocycles. The predicted molar refractivity (Wildman–Crippen MR) is 103 cm³/mol. The van der Waals surface area contributed by atoms with Crippen LogP contribution in [0, 0.1) is 40.4 Å². The van der Waals surface area contributed by atoms with Crippen LogP contribution in [0.25, 0.3) is 0 Å². The first-order chi connectivity index (χ1) is 12.2. The highest BCUT2D eigenvalue weighted by atomic mass is 16.3. The van der Waals surface area contributed by atoms with Crippen LogP contribution in [-0.2, 0) is 4.79 Å². The molecule has 4 fully saturated rings. The Labute approximate surface area is 158 Å². The summed E-state index contributed by atoms with van der Waals surface area (Å²) in [6, 6.07) is 0. The van der Waals surface area contributed by atoms with Crippen LogP contribution in [0.3, 0.4) is 0 Å². The molecular weight excluding hydrogens is 324 g/mol. The lowest BCUT2D eigenvalue weighted by molar-refractivity contribution is -0.213. The van der Waals surface area contributed by atoms with Crippen LogP contribution in [-0.4, -0.2) is 27.7 Å². The van der Waals surface area contributed by atoms with E-state index in [4.69, 9.17) is 0 Å². The molecule has 4 aliphatic carbocycles. The number of ketones is 1. The number of fused-ring (bicyclic) bond motifs is 5. The molecule has 4 rings (SSSR count). The number of aliphatic hydroxyl groups excluding tert-OH is 1. The molecule has 4 aliphatic rings. The van der Waals surface area contributed by atoms with Gasteiger partial charge in [-0.15, -0.1) is 0 Å². The SMILES string of the molecule is CC[C@@H](C)[C@H]1CC[C@H]2[C@@H]3CC(=O)[C@@]4(O)C[C@@H](O)CC[C@]4(C)[C@H]3CC[C@]12C. The van der Waals surface area contributed by atoms with E-state index in [1.54, 1.807) is 0 Å². The maximum absolute atomic E-state index is 13.2. The van der Waals surface area contributed by atoms with Crippen molar-refractivity contribution in [3.05, 3.63) is 0 Å². The van der Waals surface area contributed by atoms with Gasteiger partial charge in [0.25, 0.3) is 0 Å². The highest BCUT2D eigenvalue weighted by molar-refractivity contribution is 5.89. The van der Waals surface area contributed by atoms with Crippen LogP contribution < -0.4 is 0 Å². The molecule has 0 aromatic heterocycles. The number of carbonyl (C=O) groups is 1. The van der Waals surface area contributed by atoms with E-state index < -0.39 is 11.7 Å². The Morgan fingerprint density at radius 2 is 1.85 bits per heavy atom. The lowest BCUT2D eigenvalue weighted by Crippen LogP contribution is -2.67. The molecule has 0 bridgehead atoms. The summed E-state index contributed by atoms with van der Waals surface area (Å²) in [7, 11) is 0. The van der Waals surface area contributed by atoms with Gasteiger partial charge in [0.1, 0.15) is 5.60 Å². The summed E-state index contributed by atoms with van der Waals surface area (Å²) in [4.78, 5) is 13.2. The van der Waals surface area contributed by atoms with Crippen LogP contribution in [0.2, 0.25) is 0 Å².